The van der Waals surface area contributed by atoms with Crippen molar-refractivity contribution in [2.75, 3.05) is 30.3 Å². The van der Waals surface area contributed by atoms with Crippen molar-refractivity contribution < 1.29 is 22.7 Å². The number of hydrogen-bond donors (Lipinski definition) is 1. The number of sulfonamides is 1. The van der Waals surface area contributed by atoms with Gasteiger partial charge in [0.15, 0.2) is 0 Å². The fraction of sp³-hybridized carbons (Fsp3) is 0.394. The van der Waals surface area contributed by atoms with Crippen LogP contribution in [0.4, 0.5) is 5.69 Å². The Bertz CT molecular complexity index is 1430. The highest BCUT2D eigenvalue weighted by Crippen LogP contribution is 2.33. The van der Waals surface area contributed by atoms with Gasteiger partial charge in [0.05, 0.1) is 17.2 Å². The average molecular weight is 626 g/mol. The summed E-state index contributed by atoms with van der Waals surface area (Å²) in [6.07, 6.45) is 3.55. The number of rotatable bonds is 16. The monoisotopic (exact) mass is 625 g/mol. The molecule has 10 heteroatoms. The second-order valence-corrected chi connectivity index (χ2v) is 12.9. The van der Waals surface area contributed by atoms with E-state index >= 15 is 0 Å². The molecule has 0 aliphatic heterocycles. The average Bonchev–Trinajstić information content (AvgIpc) is 3.02. The smallest absolute Gasteiger partial charge is 0.264 e. The van der Waals surface area contributed by atoms with Gasteiger partial charge in [-0.2, -0.15) is 0 Å². The SMILES string of the molecule is CCOc1ccccc1N(CC(=O)N(CCc1ccccc1)[C@H](CC)C(=O)N[C@@H](C)CC)S(=O)(=O)c1ccc(SC)cc1. The van der Waals surface area contributed by atoms with Crippen LogP contribution >= 0.6 is 11.8 Å². The van der Waals surface area contributed by atoms with Crippen LogP contribution in [0.2, 0.25) is 0 Å². The quantitative estimate of drug-likeness (QED) is 0.203. The van der Waals surface area contributed by atoms with E-state index in [4.69, 9.17) is 4.74 Å². The number of carbonyl (C=O) groups excluding carboxylic acids is 2. The molecule has 0 aliphatic carbocycles. The number of para-hydroxylation sites is 2. The van der Waals surface area contributed by atoms with E-state index in [1.165, 1.54) is 16.7 Å². The summed E-state index contributed by atoms with van der Waals surface area (Å²) >= 11 is 1.51. The first-order chi connectivity index (χ1) is 20.7. The fourth-order valence-electron chi connectivity index (χ4n) is 4.67. The third-order valence-corrected chi connectivity index (χ3v) is 9.75. The van der Waals surface area contributed by atoms with E-state index in [9.17, 15) is 18.0 Å². The molecule has 2 amide bonds. The molecule has 232 valence electrons. The van der Waals surface area contributed by atoms with Crippen molar-refractivity contribution >= 4 is 39.3 Å². The van der Waals surface area contributed by atoms with Crippen LogP contribution < -0.4 is 14.4 Å². The molecule has 0 saturated carbocycles. The van der Waals surface area contributed by atoms with Gasteiger partial charge in [-0.15, -0.1) is 11.8 Å². The minimum absolute atomic E-state index is 0.0572. The highest BCUT2D eigenvalue weighted by molar-refractivity contribution is 7.98. The summed E-state index contributed by atoms with van der Waals surface area (Å²) in [5.41, 5.74) is 1.27. The summed E-state index contributed by atoms with van der Waals surface area (Å²) in [6.45, 7) is 7.64. The minimum atomic E-state index is -4.20. The standard InChI is InChI=1S/C33H43N3O5S2/c1-6-25(4)34-33(38)29(7-2)35(23-22-26-14-10-9-11-15-26)32(37)24-36(30-16-12-13-17-31(30)41-8-3)43(39,40)28-20-18-27(42-5)19-21-28/h9-21,25,29H,6-8,22-24H2,1-5H3,(H,34,38)/t25-,29+/m0/s1. The maximum absolute atomic E-state index is 14.3. The van der Waals surface area contributed by atoms with Gasteiger partial charge >= 0.3 is 0 Å². The number of ether oxygens (including phenoxy) is 1. The summed E-state index contributed by atoms with van der Waals surface area (Å²) < 4.78 is 35.3. The lowest BCUT2D eigenvalue weighted by Crippen LogP contribution is -2.54. The summed E-state index contributed by atoms with van der Waals surface area (Å²) in [6, 6.07) is 22.2. The molecule has 0 bridgehead atoms. The molecule has 0 spiro atoms. The number of nitrogens with zero attached hydrogens (tertiary/aromatic N) is 2. The molecule has 3 aromatic carbocycles. The van der Waals surface area contributed by atoms with E-state index in [0.29, 0.717) is 25.2 Å². The van der Waals surface area contributed by atoms with E-state index < -0.39 is 28.5 Å². The molecule has 1 N–H and O–H groups in total. The van der Waals surface area contributed by atoms with Crippen LogP contribution in [0.3, 0.4) is 0 Å². The van der Waals surface area contributed by atoms with Crippen LogP contribution in [0, 0.1) is 0 Å². The second kappa shape index (κ2) is 16.4. The second-order valence-electron chi connectivity index (χ2n) is 10.2. The zero-order chi connectivity index (χ0) is 31.4. The highest BCUT2D eigenvalue weighted by atomic mass is 32.2. The number of hydrogen-bond acceptors (Lipinski definition) is 6. The van der Waals surface area contributed by atoms with Crippen LogP contribution in [0.15, 0.2) is 88.7 Å². The van der Waals surface area contributed by atoms with Gasteiger partial charge in [0.25, 0.3) is 10.0 Å². The zero-order valence-electron chi connectivity index (χ0n) is 25.7. The molecule has 0 heterocycles. The van der Waals surface area contributed by atoms with Crippen molar-refractivity contribution in [3.8, 4) is 5.75 Å². The Hall–Kier alpha value is -3.50. The molecule has 0 saturated heterocycles. The number of carbonyl (C=O) groups is 2. The first-order valence-corrected chi connectivity index (χ1v) is 17.3. The Labute approximate surface area is 260 Å². The topological polar surface area (TPSA) is 96.0 Å². The predicted molar refractivity (Wildman–Crippen MR) is 174 cm³/mol. The molecular formula is C33H43N3O5S2. The molecule has 3 rings (SSSR count). The van der Waals surface area contributed by atoms with Gasteiger partial charge in [-0.25, -0.2) is 8.42 Å². The number of nitrogens with one attached hydrogen (secondary N) is 1. The number of benzene rings is 3. The lowest BCUT2D eigenvalue weighted by atomic mass is 10.1. The number of amides is 2. The highest BCUT2D eigenvalue weighted by Gasteiger charge is 2.34. The molecular weight excluding hydrogens is 583 g/mol. The normalized spacial score (nSPS) is 12.7. The van der Waals surface area contributed by atoms with Crippen LogP contribution in [0.5, 0.6) is 5.75 Å². The van der Waals surface area contributed by atoms with Gasteiger partial charge in [0.1, 0.15) is 18.3 Å². The van der Waals surface area contributed by atoms with Crippen molar-refractivity contribution in [2.24, 2.45) is 0 Å². The molecule has 43 heavy (non-hydrogen) atoms. The fourth-order valence-corrected chi connectivity index (χ4v) is 6.50. The third kappa shape index (κ3) is 9.00. The number of anilines is 1. The number of thioether (sulfide) groups is 1. The molecule has 3 aromatic rings. The van der Waals surface area contributed by atoms with Crippen molar-refractivity contribution in [3.05, 3.63) is 84.4 Å². The lowest BCUT2D eigenvalue weighted by Gasteiger charge is -2.34. The first kappa shape index (κ1) is 34.0. The molecule has 8 nitrogen and oxygen atoms in total. The van der Waals surface area contributed by atoms with Crippen molar-refractivity contribution in [2.45, 2.75) is 68.8 Å². The van der Waals surface area contributed by atoms with Crippen molar-refractivity contribution in [1.82, 2.24) is 10.2 Å². The van der Waals surface area contributed by atoms with Crippen LogP contribution in [0.25, 0.3) is 0 Å². The maximum Gasteiger partial charge on any atom is 0.264 e. The van der Waals surface area contributed by atoms with E-state index in [1.54, 1.807) is 48.5 Å². The van der Waals surface area contributed by atoms with Gasteiger partial charge in [0.2, 0.25) is 11.8 Å². The Morgan fingerprint density at radius 3 is 2.16 bits per heavy atom. The van der Waals surface area contributed by atoms with Crippen LogP contribution in [-0.4, -0.2) is 63.2 Å². The molecule has 0 fully saturated rings. The van der Waals surface area contributed by atoms with Crippen molar-refractivity contribution in [3.63, 3.8) is 0 Å². The van der Waals surface area contributed by atoms with Gasteiger partial charge in [-0.05, 0) is 81.3 Å². The van der Waals surface area contributed by atoms with Gasteiger partial charge in [-0.3, -0.25) is 13.9 Å². The predicted octanol–water partition coefficient (Wildman–Crippen LogP) is 5.77. The van der Waals surface area contributed by atoms with Gasteiger partial charge in [-0.1, -0.05) is 56.3 Å². The van der Waals surface area contributed by atoms with Crippen LogP contribution in [0.1, 0.15) is 46.1 Å². The zero-order valence-corrected chi connectivity index (χ0v) is 27.3. The van der Waals surface area contributed by atoms with E-state index in [0.717, 1.165) is 21.2 Å². The lowest BCUT2D eigenvalue weighted by molar-refractivity contribution is -0.139. The summed E-state index contributed by atoms with van der Waals surface area (Å²) in [5, 5.41) is 3.01. The molecule has 0 unspecified atom stereocenters. The summed E-state index contributed by atoms with van der Waals surface area (Å²) in [5.74, 6) is -0.382. The minimum Gasteiger partial charge on any atom is -0.492 e. The first-order valence-electron chi connectivity index (χ1n) is 14.7. The van der Waals surface area contributed by atoms with Gasteiger partial charge in [0, 0.05) is 17.5 Å². The Morgan fingerprint density at radius 1 is 0.907 bits per heavy atom. The molecule has 0 aromatic heterocycles. The Morgan fingerprint density at radius 2 is 1.56 bits per heavy atom. The third-order valence-electron chi connectivity index (χ3n) is 7.23. The van der Waals surface area contributed by atoms with Gasteiger partial charge < -0.3 is 15.0 Å². The Balaban J connectivity index is 2.06. The van der Waals surface area contributed by atoms with E-state index in [-0.39, 0.29) is 29.1 Å². The molecule has 2 atom stereocenters. The van der Waals surface area contributed by atoms with E-state index in [1.807, 2.05) is 64.3 Å². The summed E-state index contributed by atoms with van der Waals surface area (Å²) in [4.78, 5) is 30.2. The maximum atomic E-state index is 14.3. The molecule has 0 aliphatic rings. The van der Waals surface area contributed by atoms with Crippen LogP contribution in [-0.2, 0) is 26.0 Å². The Kier molecular flexibility index (Phi) is 12.9. The largest absolute Gasteiger partial charge is 0.492 e. The van der Waals surface area contributed by atoms with E-state index in [2.05, 4.69) is 5.32 Å². The summed E-state index contributed by atoms with van der Waals surface area (Å²) in [7, 11) is -4.20. The van der Waals surface area contributed by atoms with Crippen molar-refractivity contribution in [1.29, 1.82) is 0 Å². The molecule has 0 radical (unpaired) electrons.